The number of likely N-dealkylation sites (tertiary alicyclic amines) is 1. The number of hydrogen-bond donors (Lipinski definition) is 1. The minimum Gasteiger partial charge on any atom is -0.357 e. The molecule has 120 valence electrons. The largest absolute Gasteiger partial charge is 0.357 e. The third kappa shape index (κ3) is 4.20. The zero-order chi connectivity index (χ0) is 16.1. The second-order valence-corrected chi connectivity index (χ2v) is 6.01. The third-order valence-corrected chi connectivity index (χ3v) is 4.14. The number of nitrogens with zero attached hydrogens (tertiary/aromatic N) is 3. The van der Waals surface area contributed by atoms with Crippen LogP contribution in [0.3, 0.4) is 0 Å². The first-order valence-electron chi connectivity index (χ1n) is 7.79. The highest BCUT2D eigenvalue weighted by molar-refractivity contribution is 6.29. The number of aromatic nitrogens is 2. The minimum atomic E-state index is -0.237. The first-order valence-corrected chi connectivity index (χ1v) is 8.17. The fraction of sp³-hybridized carbons (Fsp3) is 0.353. The second-order valence-electron chi connectivity index (χ2n) is 5.63. The SMILES string of the molecule is O=C1C(Nc2cncc(Cl)n2)CCN1CCCc1ccccc1. The van der Waals surface area contributed by atoms with Crippen LogP contribution in [0.15, 0.2) is 42.7 Å². The van der Waals surface area contributed by atoms with Crippen molar-refractivity contribution in [3.05, 3.63) is 53.4 Å². The lowest BCUT2D eigenvalue weighted by Crippen LogP contribution is -2.34. The van der Waals surface area contributed by atoms with Crippen molar-refractivity contribution >= 4 is 23.3 Å². The Balaban J connectivity index is 1.48. The van der Waals surface area contributed by atoms with Gasteiger partial charge in [-0.25, -0.2) is 4.98 Å². The molecule has 1 fully saturated rings. The molecule has 1 aliphatic rings. The van der Waals surface area contributed by atoms with E-state index >= 15 is 0 Å². The maximum absolute atomic E-state index is 12.4. The molecule has 1 aromatic heterocycles. The lowest BCUT2D eigenvalue weighted by Gasteiger charge is -2.17. The molecule has 2 heterocycles. The van der Waals surface area contributed by atoms with E-state index in [-0.39, 0.29) is 11.9 Å². The highest BCUT2D eigenvalue weighted by Crippen LogP contribution is 2.17. The van der Waals surface area contributed by atoms with Crippen molar-refractivity contribution in [1.82, 2.24) is 14.9 Å². The van der Waals surface area contributed by atoms with Crippen molar-refractivity contribution in [2.75, 3.05) is 18.4 Å². The number of nitrogens with one attached hydrogen (secondary N) is 1. The number of halogens is 1. The van der Waals surface area contributed by atoms with Crippen LogP contribution in [-0.4, -0.2) is 39.9 Å². The zero-order valence-corrected chi connectivity index (χ0v) is 13.5. The number of carbonyl (C=O) groups excluding carboxylic acids is 1. The van der Waals surface area contributed by atoms with Crippen LogP contribution >= 0.6 is 11.6 Å². The Morgan fingerprint density at radius 1 is 1.26 bits per heavy atom. The van der Waals surface area contributed by atoms with E-state index in [2.05, 4.69) is 27.4 Å². The van der Waals surface area contributed by atoms with Gasteiger partial charge in [0.25, 0.3) is 0 Å². The maximum atomic E-state index is 12.4. The lowest BCUT2D eigenvalue weighted by atomic mass is 10.1. The van der Waals surface area contributed by atoms with Gasteiger partial charge in [-0.2, -0.15) is 0 Å². The average molecular weight is 331 g/mol. The van der Waals surface area contributed by atoms with Gasteiger partial charge in [0.2, 0.25) is 5.91 Å². The summed E-state index contributed by atoms with van der Waals surface area (Å²) in [5, 5.41) is 3.44. The lowest BCUT2D eigenvalue weighted by molar-refractivity contribution is -0.128. The van der Waals surface area contributed by atoms with E-state index in [1.54, 1.807) is 6.20 Å². The van der Waals surface area contributed by atoms with Crippen LogP contribution in [0.5, 0.6) is 0 Å². The predicted octanol–water partition coefficient (Wildman–Crippen LogP) is 2.78. The second kappa shape index (κ2) is 7.42. The van der Waals surface area contributed by atoms with E-state index in [4.69, 9.17) is 11.6 Å². The zero-order valence-electron chi connectivity index (χ0n) is 12.8. The Kier molecular flexibility index (Phi) is 5.08. The smallest absolute Gasteiger partial charge is 0.245 e. The number of aryl methyl sites for hydroxylation is 1. The molecule has 5 nitrogen and oxygen atoms in total. The van der Waals surface area contributed by atoms with Gasteiger partial charge in [-0.1, -0.05) is 41.9 Å². The monoisotopic (exact) mass is 330 g/mol. The summed E-state index contributed by atoms with van der Waals surface area (Å²) < 4.78 is 0. The Hall–Kier alpha value is -2.14. The molecule has 3 rings (SSSR count). The van der Waals surface area contributed by atoms with Gasteiger partial charge < -0.3 is 10.2 Å². The Labute approximate surface area is 140 Å². The average Bonchev–Trinajstić information content (AvgIpc) is 2.89. The molecule has 1 unspecified atom stereocenters. The van der Waals surface area contributed by atoms with E-state index in [1.165, 1.54) is 11.8 Å². The van der Waals surface area contributed by atoms with Crippen LogP contribution in [0, 0.1) is 0 Å². The van der Waals surface area contributed by atoms with E-state index in [1.807, 2.05) is 23.1 Å². The molecule has 23 heavy (non-hydrogen) atoms. The summed E-state index contributed by atoms with van der Waals surface area (Å²) in [4.78, 5) is 22.4. The van der Waals surface area contributed by atoms with Crippen molar-refractivity contribution in [2.45, 2.75) is 25.3 Å². The summed E-state index contributed by atoms with van der Waals surface area (Å²) in [7, 11) is 0. The molecule has 1 amide bonds. The fourth-order valence-electron chi connectivity index (χ4n) is 2.80. The number of benzene rings is 1. The first-order chi connectivity index (χ1) is 11.2. The van der Waals surface area contributed by atoms with E-state index in [0.717, 1.165) is 32.4 Å². The normalized spacial score (nSPS) is 17.5. The molecule has 0 aliphatic carbocycles. The fourth-order valence-corrected chi connectivity index (χ4v) is 2.95. The summed E-state index contributed by atoms with van der Waals surface area (Å²) in [6, 6.07) is 10.1. The Morgan fingerprint density at radius 2 is 2.09 bits per heavy atom. The highest BCUT2D eigenvalue weighted by atomic mass is 35.5. The molecule has 1 N–H and O–H groups in total. The van der Waals surface area contributed by atoms with Crippen molar-refractivity contribution in [3.8, 4) is 0 Å². The Bertz CT molecular complexity index is 665. The van der Waals surface area contributed by atoms with Crippen molar-refractivity contribution in [1.29, 1.82) is 0 Å². The van der Waals surface area contributed by atoms with Crippen LogP contribution in [-0.2, 0) is 11.2 Å². The topological polar surface area (TPSA) is 58.1 Å². The van der Waals surface area contributed by atoms with Crippen molar-refractivity contribution in [2.24, 2.45) is 0 Å². The van der Waals surface area contributed by atoms with Gasteiger partial charge in [-0.15, -0.1) is 0 Å². The van der Waals surface area contributed by atoms with Gasteiger partial charge in [0.1, 0.15) is 17.0 Å². The summed E-state index contributed by atoms with van der Waals surface area (Å²) >= 11 is 5.81. The van der Waals surface area contributed by atoms with Gasteiger partial charge in [-0.05, 0) is 24.8 Å². The maximum Gasteiger partial charge on any atom is 0.245 e. The van der Waals surface area contributed by atoms with Crippen LogP contribution in [0.1, 0.15) is 18.4 Å². The van der Waals surface area contributed by atoms with E-state index in [9.17, 15) is 4.79 Å². The molecule has 0 spiro atoms. The summed E-state index contributed by atoms with van der Waals surface area (Å²) in [5.74, 6) is 0.668. The van der Waals surface area contributed by atoms with Crippen molar-refractivity contribution in [3.63, 3.8) is 0 Å². The number of amides is 1. The number of rotatable bonds is 6. The molecule has 1 aromatic carbocycles. The quantitative estimate of drug-likeness (QED) is 0.884. The number of carbonyl (C=O) groups is 1. The summed E-state index contributed by atoms with van der Waals surface area (Å²) in [5.41, 5.74) is 1.31. The van der Waals surface area contributed by atoms with Gasteiger partial charge in [0.05, 0.1) is 12.4 Å². The molecule has 0 bridgehead atoms. The van der Waals surface area contributed by atoms with Crippen LogP contribution in [0.4, 0.5) is 5.82 Å². The van der Waals surface area contributed by atoms with Gasteiger partial charge >= 0.3 is 0 Å². The number of anilines is 1. The summed E-state index contributed by atoms with van der Waals surface area (Å²) in [6.07, 6.45) is 5.79. The molecule has 1 saturated heterocycles. The van der Waals surface area contributed by atoms with Gasteiger partial charge in [-0.3, -0.25) is 9.78 Å². The minimum absolute atomic E-state index is 0.125. The third-order valence-electron chi connectivity index (χ3n) is 3.96. The first kappa shape index (κ1) is 15.7. The van der Waals surface area contributed by atoms with Crippen LogP contribution < -0.4 is 5.32 Å². The van der Waals surface area contributed by atoms with Crippen LogP contribution in [0.25, 0.3) is 0 Å². The van der Waals surface area contributed by atoms with Gasteiger partial charge in [0.15, 0.2) is 0 Å². The molecule has 0 radical (unpaired) electrons. The molecule has 0 saturated carbocycles. The standard InChI is InChI=1S/C17H19ClN4O/c18-15-11-19-12-16(21-15)20-14-8-10-22(17(14)23)9-4-7-13-5-2-1-3-6-13/h1-3,5-6,11-12,14H,4,7-10H2,(H,20,21). The molecule has 2 aromatic rings. The molecule has 1 atom stereocenters. The number of hydrogen-bond acceptors (Lipinski definition) is 4. The van der Waals surface area contributed by atoms with Gasteiger partial charge in [0, 0.05) is 13.1 Å². The Morgan fingerprint density at radius 3 is 2.87 bits per heavy atom. The highest BCUT2D eigenvalue weighted by Gasteiger charge is 2.31. The molecule has 1 aliphatic heterocycles. The molecule has 6 heteroatoms. The van der Waals surface area contributed by atoms with Crippen LogP contribution in [0.2, 0.25) is 5.15 Å². The summed E-state index contributed by atoms with van der Waals surface area (Å²) in [6.45, 7) is 1.56. The van der Waals surface area contributed by atoms with Crippen molar-refractivity contribution < 1.29 is 4.79 Å². The van der Waals surface area contributed by atoms with E-state index < -0.39 is 0 Å². The molecular weight excluding hydrogens is 312 g/mol. The van der Waals surface area contributed by atoms with E-state index in [0.29, 0.717) is 11.0 Å². The predicted molar refractivity (Wildman–Crippen MR) is 90.4 cm³/mol. The molecular formula is C17H19ClN4O.